The zero-order chi connectivity index (χ0) is 11.3. The number of hydrogen-bond donors (Lipinski definition) is 4. The first-order valence-corrected chi connectivity index (χ1v) is 6.88. The van der Waals surface area contributed by atoms with E-state index in [-0.39, 0.29) is 22.7 Å². The number of thioether (sulfide) groups is 2. The number of thiophene rings is 1. The van der Waals surface area contributed by atoms with Gasteiger partial charge in [-0.3, -0.25) is 10.8 Å². The van der Waals surface area contributed by atoms with Gasteiger partial charge in [0.2, 0.25) is 0 Å². The molecule has 0 aromatic carbocycles. The molecule has 4 nitrogen and oxygen atoms in total. The molecule has 8 heteroatoms. The normalized spacial score (nSPS) is 9.50. The first-order valence-electron chi connectivity index (χ1n) is 4.09. The van der Waals surface area contributed by atoms with E-state index in [1.807, 2.05) is 12.1 Å². The minimum Gasteiger partial charge on any atom is -0.379 e. The van der Waals surface area contributed by atoms with E-state index in [2.05, 4.69) is 0 Å². The predicted molar refractivity (Wildman–Crippen MR) is 78.0 cm³/mol. The molecule has 0 spiro atoms. The lowest BCUT2D eigenvalue weighted by molar-refractivity contribution is 1.49. The van der Waals surface area contributed by atoms with Gasteiger partial charge in [-0.05, 0) is 12.1 Å². The number of nitrogens with two attached hydrogens (primary N) is 2. The van der Waals surface area contributed by atoms with E-state index >= 15 is 0 Å². The lowest BCUT2D eigenvalue weighted by Crippen LogP contribution is -2.03. The van der Waals surface area contributed by atoms with E-state index < -0.39 is 0 Å². The highest BCUT2D eigenvalue weighted by Crippen LogP contribution is 2.24. The van der Waals surface area contributed by atoms with E-state index in [0.717, 1.165) is 11.5 Å². The van der Waals surface area contributed by atoms with E-state index in [0.29, 0.717) is 0 Å². The van der Waals surface area contributed by atoms with Crippen molar-refractivity contribution < 1.29 is 0 Å². The van der Waals surface area contributed by atoms with Crippen LogP contribution in [0.5, 0.6) is 0 Å². The lowest BCUT2D eigenvalue weighted by atomic mass is 10.5. The van der Waals surface area contributed by atoms with E-state index in [1.165, 1.54) is 33.3 Å². The Bertz CT molecular complexity index is 333. The standard InChI is InChI=1S/C8H12N4S3.ClH/c9-7(10)13-3-5-1-2-6(15-5)4-14-8(11)12;/h1-2H,3-4H2,(H3,9,10)(H3,11,12);1H. The van der Waals surface area contributed by atoms with Crippen LogP contribution in [0.4, 0.5) is 0 Å². The van der Waals surface area contributed by atoms with Crippen molar-refractivity contribution in [1.82, 2.24) is 0 Å². The minimum atomic E-state index is 0. The van der Waals surface area contributed by atoms with Crippen LogP contribution in [0, 0.1) is 10.8 Å². The molecule has 0 radical (unpaired) electrons. The maximum Gasteiger partial charge on any atom is 0.151 e. The summed E-state index contributed by atoms with van der Waals surface area (Å²) >= 11 is 4.31. The van der Waals surface area contributed by atoms with Gasteiger partial charge in [-0.1, -0.05) is 23.5 Å². The van der Waals surface area contributed by atoms with Crippen LogP contribution in [0.15, 0.2) is 12.1 Å². The van der Waals surface area contributed by atoms with Gasteiger partial charge in [-0.25, -0.2) is 0 Å². The number of rotatable bonds is 4. The Labute approximate surface area is 113 Å². The van der Waals surface area contributed by atoms with E-state index in [4.69, 9.17) is 22.3 Å². The lowest BCUT2D eigenvalue weighted by Gasteiger charge is -1.95. The fraction of sp³-hybridized carbons (Fsp3) is 0.250. The van der Waals surface area contributed by atoms with Crippen molar-refractivity contribution in [3.05, 3.63) is 21.9 Å². The van der Waals surface area contributed by atoms with Crippen LogP contribution in [0.3, 0.4) is 0 Å². The molecule has 0 bridgehead atoms. The van der Waals surface area contributed by atoms with Crippen LogP contribution < -0.4 is 11.5 Å². The fourth-order valence-corrected chi connectivity index (χ4v) is 3.10. The molecule has 0 atom stereocenters. The topological polar surface area (TPSA) is 99.7 Å². The van der Waals surface area contributed by atoms with Gasteiger partial charge in [-0.15, -0.1) is 23.7 Å². The first-order chi connectivity index (χ1) is 7.08. The van der Waals surface area contributed by atoms with Crippen LogP contribution in [0.25, 0.3) is 0 Å². The molecule has 0 aliphatic carbocycles. The molecule has 0 saturated heterocycles. The average molecular weight is 297 g/mol. The summed E-state index contributed by atoms with van der Waals surface area (Å²) in [6.45, 7) is 0. The SMILES string of the molecule is Cl.N=C(N)SCc1ccc(CSC(=N)N)s1. The summed E-state index contributed by atoms with van der Waals surface area (Å²) in [6, 6.07) is 4.05. The third-order valence-corrected chi connectivity index (χ3v) is 4.44. The largest absolute Gasteiger partial charge is 0.379 e. The van der Waals surface area contributed by atoms with Crippen LogP contribution >= 0.6 is 47.3 Å². The Hall–Kier alpha value is -0.370. The van der Waals surface area contributed by atoms with Gasteiger partial charge in [0.15, 0.2) is 10.3 Å². The van der Waals surface area contributed by atoms with Gasteiger partial charge in [0.25, 0.3) is 0 Å². The molecule has 0 fully saturated rings. The highest BCUT2D eigenvalue weighted by atomic mass is 35.5. The van der Waals surface area contributed by atoms with E-state index in [1.54, 1.807) is 11.3 Å². The number of nitrogens with one attached hydrogen (secondary N) is 2. The molecule has 0 amide bonds. The summed E-state index contributed by atoms with van der Waals surface area (Å²) in [7, 11) is 0. The molecule has 1 aromatic rings. The number of halogens is 1. The summed E-state index contributed by atoms with van der Waals surface area (Å²) in [5.41, 5.74) is 10.5. The van der Waals surface area contributed by atoms with Crippen LogP contribution in [0.1, 0.15) is 9.75 Å². The van der Waals surface area contributed by atoms with Crippen LogP contribution in [-0.4, -0.2) is 10.3 Å². The van der Waals surface area contributed by atoms with Gasteiger partial charge >= 0.3 is 0 Å². The molecule has 1 rings (SSSR count). The highest BCUT2D eigenvalue weighted by Gasteiger charge is 2.02. The quantitative estimate of drug-likeness (QED) is 0.506. The molecular formula is C8H13ClN4S3. The van der Waals surface area contributed by atoms with Crippen molar-refractivity contribution in [3.63, 3.8) is 0 Å². The summed E-state index contributed by atoms with van der Waals surface area (Å²) in [5.74, 6) is 1.48. The van der Waals surface area contributed by atoms with Crippen LogP contribution in [-0.2, 0) is 11.5 Å². The number of amidine groups is 2. The first kappa shape index (κ1) is 15.6. The average Bonchev–Trinajstić information content (AvgIpc) is 2.59. The van der Waals surface area contributed by atoms with Crippen molar-refractivity contribution in [2.24, 2.45) is 11.5 Å². The highest BCUT2D eigenvalue weighted by molar-refractivity contribution is 8.13. The molecule has 90 valence electrons. The summed E-state index contributed by atoms with van der Waals surface area (Å²) in [4.78, 5) is 2.38. The molecule has 1 aromatic heterocycles. The molecule has 16 heavy (non-hydrogen) atoms. The van der Waals surface area contributed by atoms with Gasteiger partial charge in [0, 0.05) is 21.3 Å². The third kappa shape index (κ3) is 6.26. The Balaban J connectivity index is 0.00000225. The molecule has 1 heterocycles. The van der Waals surface area contributed by atoms with E-state index in [9.17, 15) is 0 Å². The van der Waals surface area contributed by atoms with Crippen molar-refractivity contribution in [2.75, 3.05) is 0 Å². The summed E-state index contributed by atoms with van der Waals surface area (Å²) < 4.78 is 0. The monoisotopic (exact) mass is 296 g/mol. The fourth-order valence-electron chi connectivity index (χ4n) is 0.875. The second kappa shape index (κ2) is 7.83. The zero-order valence-electron chi connectivity index (χ0n) is 8.36. The van der Waals surface area contributed by atoms with Crippen molar-refractivity contribution in [2.45, 2.75) is 11.5 Å². The Morgan fingerprint density at radius 1 is 1.06 bits per heavy atom. The van der Waals surface area contributed by atoms with Crippen LogP contribution in [0.2, 0.25) is 0 Å². The molecule has 0 unspecified atom stereocenters. The Morgan fingerprint density at radius 3 is 1.75 bits per heavy atom. The van der Waals surface area contributed by atoms with Crippen molar-refractivity contribution in [1.29, 1.82) is 10.8 Å². The molecule has 6 N–H and O–H groups in total. The van der Waals surface area contributed by atoms with Crippen molar-refractivity contribution >= 4 is 57.6 Å². The maximum atomic E-state index is 7.08. The second-order valence-electron chi connectivity index (χ2n) is 2.67. The Kier molecular flexibility index (Phi) is 7.65. The molecule has 0 aliphatic rings. The molecular weight excluding hydrogens is 284 g/mol. The summed E-state index contributed by atoms with van der Waals surface area (Å²) in [5, 5.41) is 14.5. The predicted octanol–water partition coefficient (Wildman–Crippen LogP) is 2.42. The number of hydrogen-bond acceptors (Lipinski definition) is 5. The van der Waals surface area contributed by atoms with Gasteiger partial charge in [0.05, 0.1) is 0 Å². The molecule has 0 saturated carbocycles. The minimum absolute atomic E-state index is 0. The smallest absolute Gasteiger partial charge is 0.151 e. The van der Waals surface area contributed by atoms with Gasteiger partial charge in [-0.2, -0.15) is 0 Å². The van der Waals surface area contributed by atoms with Crippen molar-refractivity contribution in [3.8, 4) is 0 Å². The van der Waals surface area contributed by atoms with Gasteiger partial charge < -0.3 is 11.5 Å². The summed E-state index contributed by atoms with van der Waals surface area (Å²) in [6.07, 6.45) is 0. The second-order valence-corrected chi connectivity index (χ2v) is 5.96. The Morgan fingerprint density at radius 2 is 1.44 bits per heavy atom. The molecule has 0 aliphatic heterocycles. The third-order valence-electron chi connectivity index (χ3n) is 1.46. The zero-order valence-corrected chi connectivity index (χ0v) is 11.6. The van der Waals surface area contributed by atoms with Gasteiger partial charge in [0.1, 0.15) is 0 Å². The maximum absolute atomic E-state index is 7.08.